The van der Waals surface area contributed by atoms with E-state index in [4.69, 9.17) is 16.3 Å². The van der Waals surface area contributed by atoms with E-state index in [1.165, 1.54) is 16.2 Å². The lowest BCUT2D eigenvalue weighted by molar-refractivity contribution is 0.213. The molecule has 0 saturated carbocycles. The summed E-state index contributed by atoms with van der Waals surface area (Å²) in [4.78, 5) is 1.13. The zero-order valence-corrected chi connectivity index (χ0v) is 12.5. The molecule has 0 aliphatic carbocycles. The molecule has 0 bridgehead atoms. The van der Waals surface area contributed by atoms with Gasteiger partial charge < -0.3 is 10.1 Å². The maximum atomic E-state index is 13.6. The highest BCUT2D eigenvalue weighted by Crippen LogP contribution is 2.39. The maximum absolute atomic E-state index is 13.6. The Hall–Kier alpha value is -1.78. The summed E-state index contributed by atoms with van der Waals surface area (Å²) in [5.74, 6) is 0.0415. The first-order valence-electron chi connectivity index (χ1n) is 6.59. The molecule has 1 aliphatic heterocycles. The van der Waals surface area contributed by atoms with Gasteiger partial charge in [0.2, 0.25) is 0 Å². The van der Waals surface area contributed by atoms with Crippen LogP contribution in [0.15, 0.2) is 42.5 Å². The summed E-state index contributed by atoms with van der Waals surface area (Å²) < 4.78 is 20.7. The maximum Gasteiger partial charge on any atom is 0.150 e. The zero-order chi connectivity index (χ0) is 14.4. The Bertz CT molecular complexity index is 799. The molecule has 2 heterocycles. The third-order valence-electron chi connectivity index (χ3n) is 3.53. The minimum absolute atomic E-state index is 0.102. The standard InChI is InChI=1S/C16H11ClFNOS/c17-10-6-12-13(7-11(10)18)20-14(8-19-12)16-5-9-3-1-2-4-15(9)21-16/h1-7,14,19H,8H2. The summed E-state index contributed by atoms with van der Waals surface area (Å²) in [7, 11) is 0. The SMILES string of the molecule is Fc1cc2c(cc1Cl)NCC(c1cc3ccccc3s1)O2. The molecule has 4 rings (SSSR count). The number of ether oxygens (including phenoxy) is 1. The van der Waals surface area contributed by atoms with Crippen LogP contribution in [-0.4, -0.2) is 6.54 Å². The van der Waals surface area contributed by atoms with Gasteiger partial charge in [0.1, 0.15) is 11.6 Å². The highest BCUT2D eigenvalue weighted by atomic mass is 35.5. The largest absolute Gasteiger partial charge is 0.481 e. The van der Waals surface area contributed by atoms with Crippen LogP contribution in [0.25, 0.3) is 10.1 Å². The monoisotopic (exact) mass is 319 g/mol. The molecule has 1 aliphatic rings. The van der Waals surface area contributed by atoms with Gasteiger partial charge in [-0.05, 0) is 23.6 Å². The zero-order valence-electron chi connectivity index (χ0n) is 10.9. The Morgan fingerprint density at radius 1 is 1.24 bits per heavy atom. The van der Waals surface area contributed by atoms with Gasteiger partial charge in [0.25, 0.3) is 0 Å². The highest BCUT2D eigenvalue weighted by molar-refractivity contribution is 7.19. The van der Waals surface area contributed by atoms with Gasteiger partial charge in [-0.15, -0.1) is 11.3 Å². The lowest BCUT2D eigenvalue weighted by atomic mass is 10.2. The van der Waals surface area contributed by atoms with E-state index in [2.05, 4.69) is 23.5 Å². The van der Waals surface area contributed by atoms with Crippen LogP contribution < -0.4 is 10.1 Å². The molecule has 2 nitrogen and oxygen atoms in total. The molecular weight excluding hydrogens is 309 g/mol. The number of fused-ring (bicyclic) bond motifs is 2. The molecule has 0 spiro atoms. The number of halogens is 2. The topological polar surface area (TPSA) is 21.3 Å². The smallest absolute Gasteiger partial charge is 0.150 e. The predicted octanol–water partition coefficient (Wildman–Crippen LogP) is 5.24. The van der Waals surface area contributed by atoms with Gasteiger partial charge in [-0.2, -0.15) is 0 Å². The molecule has 0 fully saturated rings. The van der Waals surface area contributed by atoms with Crippen molar-refractivity contribution in [1.29, 1.82) is 0 Å². The summed E-state index contributed by atoms with van der Waals surface area (Å²) in [5.41, 5.74) is 0.735. The number of benzene rings is 2. The second kappa shape index (κ2) is 4.90. The van der Waals surface area contributed by atoms with Gasteiger partial charge in [0, 0.05) is 15.6 Å². The normalized spacial score (nSPS) is 17.1. The first-order chi connectivity index (χ1) is 10.2. The Labute approximate surface area is 130 Å². The molecule has 21 heavy (non-hydrogen) atoms. The second-order valence-corrected chi connectivity index (χ2v) is 6.46. The Balaban J connectivity index is 1.70. The van der Waals surface area contributed by atoms with Crippen LogP contribution in [0.5, 0.6) is 5.75 Å². The number of rotatable bonds is 1. The molecular formula is C16H11ClFNOS. The lowest BCUT2D eigenvalue weighted by Gasteiger charge is -2.26. The third-order valence-corrected chi connectivity index (χ3v) is 5.03. The number of anilines is 1. The number of hydrogen-bond acceptors (Lipinski definition) is 3. The van der Waals surface area contributed by atoms with Crippen LogP contribution in [-0.2, 0) is 0 Å². The van der Waals surface area contributed by atoms with Crippen LogP contribution in [0.4, 0.5) is 10.1 Å². The lowest BCUT2D eigenvalue weighted by Crippen LogP contribution is -2.22. The van der Waals surface area contributed by atoms with Crippen molar-refractivity contribution in [1.82, 2.24) is 0 Å². The third kappa shape index (κ3) is 2.24. The average molecular weight is 320 g/mol. The van der Waals surface area contributed by atoms with Crippen molar-refractivity contribution in [2.24, 2.45) is 0 Å². The van der Waals surface area contributed by atoms with Gasteiger partial charge >= 0.3 is 0 Å². The Morgan fingerprint density at radius 3 is 2.95 bits per heavy atom. The van der Waals surface area contributed by atoms with Gasteiger partial charge in [-0.25, -0.2) is 4.39 Å². The predicted molar refractivity (Wildman–Crippen MR) is 85.1 cm³/mol. The van der Waals surface area contributed by atoms with E-state index in [9.17, 15) is 4.39 Å². The fourth-order valence-corrected chi connectivity index (χ4v) is 3.74. The van der Waals surface area contributed by atoms with E-state index in [1.807, 2.05) is 12.1 Å². The molecule has 1 N–H and O–H groups in total. The number of thiophene rings is 1. The van der Waals surface area contributed by atoms with Gasteiger partial charge in [0.15, 0.2) is 6.10 Å². The summed E-state index contributed by atoms with van der Waals surface area (Å²) in [6, 6.07) is 13.2. The average Bonchev–Trinajstić information content (AvgIpc) is 2.92. The molecule has 0 amide bonds. The second-order valence-electron chi connectivity index (χ2n) is 4.94. The van der Waals surface area contributed by atoms with Crippen molar-refractivity contribution in [3.8, 4) is 5.75 Å². The van der Waals surface area contributed by atoms with Crippen LogP contribution in [0.1, 0.15) is 11.0 Å². The van der Waals surface area contributed by atoms with Crippen molar-refractivity contribution in [3.63, 3.8) is 0 Å². The molecule has 106 valence electrons. The molecule has 1 atom stereocenters. The van der Waals surface area contributed by atoms with Crippen molar-refractivity contribution < 1.29 is 9.13 Å². The van der Waals surface area contributed by atoms with Crippen molar-refractivity contribution in [2.45, 2.75) is 6.10 Å². The van der Waals surface area contributed by atoms with Crippen molar-refractivity contribution >= 4 is 38.7 Å². The quantitative estimate of drug-likeness (QED) is 0.662. The van der Waals surface area contributed by atoms with Crippen LogP contribution >= 0.6 is 22.9 Å². The fraction of sp³-hybridized carbons (Fsp3) is 0.125. The summed E-state index contributed by atoms with van der Waals surface area (Å²) in [6.45, 7) is 0.641. The van der Waals surface area contributed by atoms with Gasteiger partial charge in [-0.1, -0.05) is 29.8 Å². The van der Waals surface area contributed by atoms with Crippen molar-refractivity contribution in [3.05, 3.63) is 58.2 Å². The summed E-state index contributed by atoms with van der Waals surface area (Å²) >= 11 is 7.48. The summed E-state index contributed by atoms with van der Waals surface area (Å²) in [5, 5.41) is 4.56. The molecule has 1 unspecified atom stereocenters. The molecule has 1 aromatic heterocycles. The molecule has 5 heteroatoms. The first kappa shape index (κ1) is 12.9. The molecule has 3 aromatic rings. The fourth-order valence-electron chi connectivity index (χ4n) is 2.48. The summed E-state index contributed by atoms with van der Waals surface area (Å²) in [6.07, 6.45) is -0.115. The molecule has 0 saturated heterocycles. The number of nitrogens with one attached hydrogen (secondary N) is 1. The van der Waals surface area contributed by atoms with Gasteiger partial charge in [0.05, 0.1) is 17.3 Å². The number of hydrogen-bond donors (Lipinski definition) is 1. The molecule has 2 aromatic carbocycles. The highest BCUT2D eigenvalue weighted by Gasteiger charge is 2.24. The Morgan fingerprint density at radius 2 is 2.10 bits per heavy atom. The minimum Gasteiger partial charge on any atom is -0.481 e. The van der Waals surface area contributed by atoms with E-state index in [1.54, 1.807) is 17.4 Å². The van der Waals surface area contributed by atoms with E-state index in [0.29, 0.717) is 12.3 Å². The van der Waals surface area contributed by atoms with Crippen LogP contribution in [0, 0.1) is 5.82 Å². The van der Waals surface area contributed by atoms with Gasteiger partial charge in [-0.3, -0.25) is 0 Å². The Kier molecular flexibility index (Phi) is 3.01. The van der Waals surface area contributed by atoms with E-state index in [-0.39, 0.29) is 11.1 Å². The van der Waals surface area contributed by atoms with E-state index < -0.39 is 5.82 Å². The first-order valence-corrected chi connectivity index (χ1v) is 7.78. The van der Waals surface area contributed by atoms with Crippen LogP contribution in [0.3, 0.4) is 0 Å². The van der Waals surface area contributed by atoms with E-state index in [0.717, 1.165) is 10.6 Å². The molecule has 0 radical (unpaired) electrons. The van der Waals surface area contributed by atoms with Crippen LogP contribution in [0.2, 0.25) is 5.02 Å². The van der Waals surface area contributed by atoms with Crippen molar-refractivity contribution in [2.75, 3.05) is 11.9 Å². The minimum atomic E-state index is -0.464. The van der Waals surface area contributed by atoms with E-state index >= 15 is 0 Å².